The van der Waals surface area contributed by atoms with Crippen LogP contribution in [0.5, 0.6) is 0 Å². The summed E-state index contributed by atoms with van der Waals surface area (Å²) in [5, 5.41) is 2.64. The van der Waals surface area contributed by atoms with Crippen molar-refractivity contribution >= 4 is 12.1 Å². The van der Waals surface area contributed by atoms with Crippen LogP contribution in [0.15, 0.2) is 30.3 Å². The van der Waals surface area contributed by atoms with Gasteiger partial charge in [0, 0.05) is 13.0 Å². The van der Waals surface area contributed by atoms with Crippen LogP contribution in [0.25, 0.3) is 0 Å². The van der Waals surface area contributed by atoms with Crippen molar-refractivity contribution in [2.24, 2.45) is 0 Å². The van der Waals surface area contributed by atoms with E-state index >= 15 is 0 Å². The third-order valence-corrected chi connectivity index (χ3v) is 6.55. The van der Waals surface area contributed by atoms with Crippen molar-refractivity contribution in [3.8, 4) is 0 Å². The molecule has 0 aromatic heterocycles. The predicted octanol–water partition coefficient (Wildman–Crippen LogP) is 3.20. The van der Waals surface area contributed by atoms with Gasteiger partial charge >= 0.3 is 12.1 Å². The maximum atomic E-state index is 11.6. The molecule has 0 bridgehead atoms. The van der Waals surface area contributed by atoms with Crippen LogP contribution in [0.3, 0.4) is 0 Å². The van der Waals surface area contributed by atoms with Gasteiger partial charge in [0.2, 0.25) is 0 Å². The molecule has 0 aliphatic rings. The molecule has 1 amide bonds. The second-order valence-corrected chi connectivity index (χ2v) is 10.8. The molecule has 296 valence electrons. The first kappa shape index (κ1) is 46.6. The first-order valence-electron chi connectivity index (χ1n) is 18.1. The number of ether oxygens (including phenoxy) is 12. The average molecular weight is 734 g/mol. The third-order valence-electron chi connectivity index (χ3n) is 6.55. The third kappa shape index (κ3) is 35.7. The van der Waals surface area contributed by atoms with Crippen molar-refractivity contribution in [3.63, 3.8) is 0 Å². The molecule has 0 saturated heterocycles. The van der Waals surface area contributed by atoms with Gasteiger partial charge in [-0.3, -0.25) is 4.79 Å². The van der Waals surface area contributed by atoms with Gasteiger partial charge in [-0.25, -0.2) is 4.79 Å². The number of hydrogen-bond acceptors (Lipinski definition) is 14. The lowest BCUT2D eigenvalue weighted by Gasteiger charge is -2.09. The summed E-state index contributed by atoms with van der Waals surface area (Å²) in [7, 11) is 0. The van der Waals surface area contributed by atoms with E-state index in [4.69, 9.17) is 56.8 Å². The number of benzene rings is 1. The molecule has 15 nitrogen and oxygen atoms in total. The minimum absolute atomic E-state index is 0.164. The smallest absolute Gasteiger partial charge is 0.407 e. The zero-order chi connectivity index (χ0) is 36.6. The molecule has 0 saturated carbocycles. The van der Waals surface area contributed by atoms with E-state index in [9.17, 15) is 9.59 Å². The van der Waals surface area contributed by atoms with Crippen LogP contribution < -0.4 is 5.32 Å². The van der Waals surface area contributed by atoms with Crippen molar-refractivity contribution < 1.29 is 66.4 Å². The molecule has 1 aromatic rings. The first-order valence-corrected chi connectivity index (χ1v) is 18.1. The second kappa shape index (κ2) is 38.8. The van der Waals surface area contributed by atoms with Crippen molar-refractivity contribution in [3.05, 3.63) is 35.9 Å². The average Bonchev–Trinajstić information content (AvgIpc) is 3.14. The van der Waals surface area contributed by atoms with E-state index < -0.39 is 6.09 Å². The van der Waals surface area contributed by atoms with Crippen LogP contribution in [0.4, 0.5) is 4.79 Å². The molecule has 15 heteroatoms. The molecule has 0 aliphatic heterocycles. The highest BCUT2D eigenvalue weighted by Crippen LogP contribution is 2.01. The first-order chi connectivity index (χ1) is 25.2. The Morgan fingerprint density at radius 3 is 1.24 bits per heavy atom. The molecule has 0 radical (unpaired) electrons. The van der Waals surface area contributed by atoms with Crippen molar-refractivity contribution in [2.45, 2.75) is 39.2 Å². The van der Waals surface area contributed by atoms with Gasteiger partial charge < -0.3 is 62.2 Å². The van der Waals surface area contributed by atoms with Crippen LogP contribution in [0, 0.1) is 0 Å². The number of carbonyl (C=O) groups is 2. The fourth-order valence-corrected chi connectivity index (χ4v) is 3.89. The summed E-state index contributed by atoms with van der Waals surface area (Å²) in [4.78, 5) is 23.1. The van der Waals surface area contributed by atoms with E-state index in [1.165, 1.54) is 0 Å². The van der Waals surface area contributed by atoms with Gasteiger partial charge in [0.1, 0.15) is 13.2 Å². The van der Waals surface area contributed by atoms with E-state index in [2.05, 4.69) is 12.2 Å². The summed E-state index contributed by atoms with van der Waals surface area (Å²) in [6.45, 7) is 12.2. The molecule has 0 aliphatic carbocycles. The number of unbranched alkanes of at least 4 members (excludes halogenated alkanes) is 2. The Morgan fingerprint density at radius 2 is 0.843 bits per heavy atom. The van der Waals surface area contributed by atoms with Crippen molar-refractivity contribution in [2.75, 3.05) is 145 Å². The topological polar surface area (TPSA) is 157 Å². The highest BCUT2D eigenvalue weighted by atomic mass is 16.6. The van der Waals surface area contributed by atoms with E-state index in [0.717, 1.165) is 24.8 Å². The molecule has 0 heterocycles. The highest BCUT2D eigenvalue weighted by molar-refractivity contribution is 5.69. The Bertz CT molecular complexity index is 883. The lowest BCUT2D eigenvalue weighted by atomic mass is 10.2. The van der Waals surface area contributed by atoms with Gasteiger partial charge in [-0.1, -0.05) is 50.1 Å². The molecule has 0 unspecified atom stereocenters. The van der Waals surface area contributed by atoms with Gasteiger partial charge in [-0.15, -0.1) is 0 Å². The molecule has 1 aromatic carbocycles. The van der Waals surface area contributed by atoms with Gasteiger partial charge in [-0.2, -0.15) is 0 Å². The normalized spacial score (nSPS) is 11.2. The summed E-state index contributed by atoms with van der Waals surface area (Å²) >= 11 is 0. The fraction of sp³-hybridized carbons (Fsp3) is 0.778. The number of hydrogen-bond donors (Lipinski definition) is 1. The van der Waals surface area contributed by atoms with Crippen LogP contribution in [0.1, 0.15) is 38.2 Å². The van der Waals surface area contributed by atoms with Gasteiger partial charge in [-0.05, 0) is 12.0 Å². The summed E-state index contributed by atoms with van der Waals surface area (Å²) in [5.41, 5.74) is 0.935. The number of carbonyl (C=O) groups excluding carboxylic acids is 2. The number of esters is 1. The van der Waals surface area contributed by atoms with E-state index in [1.807, 2.05) is 30.3 Å². The van der Waals surface area contributed by atoms with E-state index in [-0.39, 0.29) is 19.2 Å². The Morgan fingerprint density at radius 1 is 0.471 bits per heavy atom. The molecular weight excluding hydrogens is 670 g/mol. The summed E-state index contributed by atoms with van der Waals surface area (Å²) in [5.74, 6) is -0.164. The van der Waals surface area contributed by atoms with Gasteiger partial charge in [0.15, 0.2) is 0 Å². The zero-order valence-corrected chi connectivity index (χ0v) is 30.7. The van der Waals surface area contributed by atoms with E-state index in [0.29, 0.717) is 145 Å². The van der Waals surface area contributed by atoms with Crippen LogP contribution in [-0.2, 0) is 68.2 Å². The van der Waals surface area contributed by atoms with Crippen LogP contribution in [-0.4, -0.2) is 157 Å². The largest absolute Gasteiger partial charge is 0.463 e. The van der Waals surface area contributed by atoms with E-state index in [1.54, 1.807) is 0 Å². The standard InChI is InChI=1S/C36H63NO14/c1-2-3-5-10-35(38)50-32-31-49-30-29-48-28-27-47-26-25-46-24-23-45-22-21-44-20-19-43-18-17-42-16-15-41-14-13-40-12-11-37-36(39)51-33-34-8-6-4-7-9-34/h4,6-9H,2-3,5,10-33H2,1H3,(H,37,39). The molecule has 0 fully saturated rings. The Labute approximate surface area is 304 Å². The lowest BCUT2D eigenvalue weighted by molar-refractivity contribution is -0.145. The van der Waals surface area contributed by atoms with Crippen molar-refractivity contribution in [1.82, 2.24) is 5.32 Å². The molecular formula is C36H63NO14. The van der Waals surface area contributed by atoms with Crippen molar-refractivity contribution in [1.29, 1.82) is 0 Å². The second-order valence-electron chi connectivity index (χ2n) is 10.8. The predicted molar refractivity (Wildman–Crippen MR) is 188 cm³/mol. The van der Waals surface area contributed by atoms with Gasteiger partial charge in [0.05, 0.1) is 132 Å². The highest BCUT2D eigenvalue weighted by Gasteiger charge is 2.03. The number of nitrogens with one attached hydrogen (secondary N) is 1. The quantitative estimate of drug-likeness (QED) is 0.0777. The Hall–Kier alpha value is -2.44. The monoisotopic (exact) mass is 733 g/mol. The lowest BCUT2D eigenvalue weighted by Crippen LogP contribution is -2.28. The molecule has 51 heavy (non-hydrogen) atoms. The fourth-order valence-electron chi connectivity index (χ4n) is 3.89. The van der Waals surface area contributed by atoms with Crippen LogP contribution >= 0.6 is 0 Å². The summed E-state index contributed by atoms with van der Waals surface area (Å²) in [6.07, 6.45) is 3.00. The molecule has 1 rings (SSSR count). The summed E-state index contributed by atoms with van der Waals surface area (Å²) < 4.78 is 64.7. The SMILES string of the molecule is CCCCCC(=O)OCCOCCOCCOCCOCCOCCOCCOCCOCCOCCOCCNC(=O)OCc1ccccc1. The number of rotatable bonds is 39. The Balaban J connectivity index is 1.64. The molecule has 0 atom stereocenters. The minimum Gasteiger partial charge on any atom is -0.463 e. The number of alkyl carbamates (subject to hydrolysis) is 1. The number of amides is 1. The zero-order valence-electron chi connectivity index (χ0n) is 30.7. The molecule has 0 spiro atoms. The maximum Gasteiger partial charge on any atom is 0.407 e. The molecule has 1 N–H and O–H groups in total. The summed E-state index contributed by atoms with van der Waals surface area (Å²) in [6, 6.07) is 9.50. The Kier molecular flexibility index (Phi) is 35.4. The maximum absolute atomic E-state index is 11.6. The van der Waals surface area contributed by atoms with Crippen LogP contribution in [0.2, 0.25) is 0 Å². The minimum atomic E-state index is -0.472. The van der Waals surface area contributed by atoms with Gasteiger partial charge in [0.25, 0.3) is 0 Å².